The van der Waals surface area contributed by atoms with E-state index in [1.54, 1.807) is 0 Å². The van der Waals surface area contributed by atoms with Gasteiger partial charge in [-0.05, 0) is 24.8 Å². The molecule has 0 bridgehead atoms. The number of carbonyl (C=O) groups is 2. The van der Waals surface area contributed by atoms with E-state index in [0.717, 1.165) is 18.4 Å². The highest BCUT2D eigenvalue weighted by atomic mass is 32.2. The summed E-state index contributed by atoms with van der Waals surface area (Å²) >= 11 is 1.19. The molecule has 0 aromatic heterocycles. The van der Waals surface area contributed by atoms with Gasteiger partial charge in [0.05, 0.1) is 5.75 Å². The molecule has 0 saturated heterocycles. The molecule has 1 unspecified atom stereocenters. The Morgan fingerprint density at radius 3 is 2.58 bits per heavy atom. The van der Waals surface area contributed by atoms with E-state index in [0.29, 0.717) is 12.5 Å². The van der Waals surface area contributed by atoms with Gasteiger partial charge in [-0.15, -0.1) is 11.8 Å². The standard InChI is InChI=1S/C14H17NO3S/c16-13(15-11-6-7-11)9-19-12(14(17)18)8-10-4-2-1-3-5-10/h1-5,11-12H,6-9H2,(H,15,16)(H,17,18). The largest absolute Gasteiger partial charge is 0.480 e. The molecular weight excluding hydrogens is 262 g/mol. The van der Waals surface area contributed by atoms with E-state index in [1.807, 2.05) is 30.3 Å². The Morgan fingerprint density at radius 1 is 1.32 bits per heavy atom. The third-order valence-corrected chi connectivity index (χ3v) is 4.10. The van der Waals surface area contributed by atoms with Crippen molar-refractivity contribution >= 4 is 23.6 Å². The third kappa shape index (κ3) is 4.95. The number of nitrogens with one attached hydrogen (secondary N) is 1. The smallest absolute Gasteiger partial charge is 0.316 e. The van der Waals surface area contributed by atoms with Gasteiger partial charge in [0, 0.05) is 6.04 Å². The van der Waals surface area contributed by atoms with Crippen LogP contribution >= 0.6 is 11.8 Å². The second-order valence-electron chi connectivity index (χ2n) is 4.67. The Balaban J connectivity index is 1.82. The summed E-state index contributed by atoms with van der Waals surface area (Å²) in [5, 5.41) is 11.5. The van der Waals surface area contributed by atoms with Crippen LogP contribution in [0.1, 0.15) is 18.4 Å². The number of benzene rings is 1. The van der Waals surface area contributed by atoms with Gasteiger partial charge in [-0.25, -0.2) is 0 Å². The van der Waals surface area contributed by atoms with Crippen molar-refractivity contribution in [3.63, 3.8) is 0 Å². The van der Waals surface area contributed by atoms with Crippen molar-refractivity contribution in [1.29, 1.82) is 0 Å². The van der Waals surface area contributed by atoms with E-state index >= 15 is 0 Å². The van der Waals surface area contributed by atoms with Crippen LogP contribution in [0.5, 0.6) is 0 Å². The molecule has 19 heavy (non-hydrogen) atoms. The second-order valence-corrected chi connectivity index (χ2v) is 5.86. The van der Waals surface area contributed by atoms with Crippen LogP contribution in [-0.2, 0) is 16.0 Å². The lowest BCUT2D eigenvalue weighted by Crippen LogP contribution is -2.29. The summed E-state index contributed by atoms with van der Waals surface area (Å²) in [5.74, 6) is -0.722. The van der Waals surface area contributed by atoms with E-state index in [1.165, 1.54) is 11.8 Å². The van der Waals surface area contributed by atoms with Gasteiger partial charge in [-0.2, -0.15) is 0 Å². The van der Waals surface area contributed by atoms with Crippen molar-refractivity contribution < 1.29 is 14.7 Å². The topological polar surface area (TPSA) is 66.4 Å². The molecule has 1 atom stereocenters. The van der Waals surface area contributed by atoms with Crippen molar-refractivity contribution in [1.82, 2.24) is 5.32 Å². The van der Waals surface area contributed by atoms with E-state index in [9.17, 15) is 14.7 Å². The van der Waals surface area contributed by atoms with E-state index in [2.05, 4.69) is 5.32 Å². The number of carbonyl (C=O) groups excluding carboxylic acids is 1. The van der Waals surface area contributed by atoms with Crippen LogP contribution in [0.2, 0.25) is 0 Å². The fraction of sp³-hybridized carbons (Fsp3) is 0.429. The molecule has 0 radical (unpaired) electrons. The lowest BCUT2D eigenvalue weighted by Gasteiger charge is -2.12. The number of carboxylic acid groups (broad SMARTS) is 1. The first-order valence-electron chi connectivity index (χ1n) is 6.33. The number of carboxylic acids is 1. The van der Waals surface area contributed by atoms with Crippen LogP contribution in [0.15, 0.2) is 30.3 Å². The average Bonchev–Trinajstić information content (AvgIpc) is 3.19. The zero-order valence-electron chi connectivity index (χ0n) is 10.5. The molecule has 0 heterocycles. The third-order valence-electron chi connectivity index (χ3n) is 2.90. The molecule has 1 fully saturated rings. The van der Waals surface area contributed by atoms with Crippen LogP contribution < -0.4 is 5.32 Å². The highest BCUT2D eigenvalue weighted by Gasteiger charge is 2.25. The van der Waals surface area contributed by atoms with Gasteiger partial charge in [0.1, 0.15) is 5.25 Å². The highest BCUT2D eigenvalue weighted by Crippen LogP contribution is 2.20. The molecule has 4 nitrogen and oxygen atoms in total. The molecule has 1 amide bonds. The molecule has 1 aromatic rings. The van der Waals surface area contributed by atoms with Crippen molar-refractivity contribution in [3.8, 4) is 0 Å². The normalized spacial score (nSPS) is 15.8. The maximum absolute atomic E-state index is 11.5. The molecule has 5 heteroatoms. The van der Waals surface area contributed by atoms with Crippen molar-refractivity contribution in [2.24, 2.45) is 0 Å². The number of hydrogen-bond donors (Lipinski definition) is 2. The summed E-state index contributed by atoms with van der Waals surface area (Å²) in [4.78, 5) is 22.7. The second kappa shape index (κ2) is 6.61. The number of hydrogen-bond acceptors (Lipinski definition) is 3. The van der Waals surface area contributed by atoms with E-state index in [4.69, 9.17) is 0 Å². The summed E-state index contributed by atoms with van der Waals surface area (Å²) < 4.78 is 0. The van der Waals surface area contributed by atoms with Gasteiger partial charge < -0.3 is 10.4 Å². The predicted molar refractivity (Wildman–Crippen MR) is 75.2 cm³/mol. The average molecular weight is 279 g/mol. The van der Waals surface area contributed by atoms with Gasteiger partial charge in [0.2, 0.25) is 5.91 Å². The number of aliphatic carboxylic acids is 1. The van der Waals surface area contributed by atoms with E-state index in [-0.39, 0.29) is 11.7 Å². The Labute approximate surface area is 116 Å². The lowest BCUT2D eigenvalue weighted by molar-refractivity contribution is -0.136. The molecule has 102 valence electrons. The first-order valence-corrected chi connectivity index (χ1v) is 7.37. The summed E-state index contributed by atoms with van der Waals surface area (Å²) in [6.45, 7) is 0. The lowest BCUT2D eigenvalue weighted by atomic mass is 10.1. The molecule has 1 aliphatic carbocycles. The van der Waals surface area contributed by atoms with E-state index < -0.39 is 11.2 Å². The molecule has 1 aliphatic rings. The van der Waals surface area contributed by atoms with Crippen LogP contribution in [0.3, 0.4) is 0 Å². The molecule has 1 aromatic carbocycles. The SMILES string of the molecule is O=C(CSC(Cc1ccccc1)C(=O)O)NC1CC1. The summed E-state index contributed by atoms with van der Waals surface area (Å²) in [7, 11) is 0. The Morgan fingerprint density at radius 2 is 2.00 bits per heavy atom. The van der Waals surface area contributed by atoms with Crippen molar-refractivity contribution in [2.45, 2.75) is 30.6 Å². The molecular formula is C14H17NO3S. The van der Waals surface area contributed by atoms with Gasteiger partial charge in [0.15, 0.2) is 0 Å². The zero-order chi connectivity index (χ0) is 13.7. The fourth-order valence-corrected chi connectivity index (χ4v) is 2.61. The Bertz CT molecular complexity index is 445. The molecule has 2 rings (SSSR count). The van der Waals surface area contributed by atoms with Gasteiger partial charge in [0.25, 0.3) is 0 Å². The minimum atomic E-state index is -0.868. The summed E-state index contributed by atoms with van der Waals surface area (Å²) in [6, 6.07) is 9.81. The predicted octanol–water partition coefficient (Wildman–Crippen LogP) is 1.69. The molecule has 2 N–H and O–H groups in total. The Kier molecular flexibility index (Phi) is 4.85. The number of amides is 1. The summed E-state index contributed by atoms with van der Waals surface area (Å²) in [5.41, 5.74) is 0.977. The van der Waals surface area contributed by atoms with Crippen LogP contribution in [0, 0.1) is 0 Å². The minimum absolute atomic E-state index is 0.0631. The monoisotopic (exact) mass is 279 g/mol. The van der Waals surface area contributed by atoms with Crippen LogP contribution in [0.4, 0.5) is 0 Å². The molecule has 0 aliphatic heterocycles. The molecule has 0 spiro atoms. The number of thioether (sulfide) groups is 1. The fourth-order valence-electron chi connectivity index (χ4n) is 1.72. The van der Waals surface area contributed by atoms with Crippen molar-refractivity contribution in [2.75, 3.05) is 5.75 Å². The first-order chi connectivity index (χ1) is 9.15. The van der Waals surface area contributed by atoms with Gasteiger partial charge >= 0.3 is 5.97 Å². The summed E-state index contributed by atoms with van der Waals surface area (Å²) in [6.07, 6.45) is 2.53. The zero-order valence-corrected chi connectivity index (χ0v) is 11.4. The number of rotatable bonds is 7. The highest BCUT2D eigenvalue weighted by molar-refractivity contribution is 8.01. The Hall–Kier alpha value is -1.49. The molecule has 1 saturated carbocycles. The van der Waals surface area contributed by atoms with Gasteiger partial charge in [-0.1, -0.05) is 30.3 Å². The van der Waals surface area contributed by atoms with Crippen LogP contribution in [0.25, 0.3) is 0 Å². The van der Waals surface area contributed by atoms with Crippen LogP contribution in [-0.4, -0.2) is 34.0 Å². The maximum atomic E-state index is 11.5. The minimum Gasteiger partial charge on any atom is -0.480 e. The maximum Gasteiger partial charge on any atom is 0.316 e. The van der Waals surface area contributed by atoms with Gasteiger partial charge in [-0.3, -0.25) is 9.59 Å². The van der Waals surface area contributed by atoms with Crippen molar-refractivity contribution in [3.05, 3.63) is 35.9 Å². The first kappa shape index (κ1) is 13.9. The quantitative estimate of drug-likeness (QED) is 0.797.